The van der Waals surface area contributed by atoms with E-state index in [4.69, 9.17) is 9.15 Å². The smallest absolute Gasteiger partial charge is 0.140 e. The highest BCUT2D eigenvalue weighted by atomic mass is 16.5. The van der Waals surface area contributed by atoms with Crippen LogP contribution in [0.1, 0.15) is 22.3 Å². The molecule has 3 heteroatoms. The molecule has 3 nitrogen and oxygen atoms in total. The van der Waals surface area contributed by atoms with Crippen LogP contribution in [0.5, 0.6) is 11.5 Å². The Morgan fingerprint density at radius 1 is 0.292 bits per heavy atom. The summed E-state index contributed by atoms with van der Waals surface area (Å²) in [5.41, 5.74) is 18.8. The van der Waals surface area contributed by atoms with Crippen molar-refractivity contribution < 1.29 is 9.15 Å². The van der Waals surface area contributed by atoms with Crippen molar-refractivity contribution in [1.29, 1.82) is 0 Å². The van der Waals surface area contributed by atoms with Gasteiger partial charge in [-0.05, 0) is 121 Å². The average molecular weight is 918 g/mol. The number of hydrogen-bond donors (Lipinski definition) is 0. The number of nitrogens with zero attached hydrogens (tertiary/aromatic N) is 1. The molecule has 12 aromatic carbocycles. The van der Waals surface area contributed by atoms with Gasteiger partial charge in [-0.3, -0.25) is 0 Å². The van der Waals surface area contributed by atoms with Crippen LogP contribution in [0, 0.1) is 0 Å². The molecular formula is C69H43NO2. The highest BCUT2D eigenvalue weighted by molar-refractivity contribution is 6.07. The van der Waals surface area contributed by atoms with E-state index in [9.17, 15) is 0 Å². The van der Waals surface area contributed by atoms with Crippen LogP contribution in [0.25, 0.3) is 88.0 Å². The van der Waals surface area contributed by atoms with Gasteiger partial charge in [0.1, 0.15) is 22.7 Å². The highest BCUT2D eigenvalue weighted by Gasteiger charge is 2.52. The van der Waals surface area contributed by atoms with Crippen molar-refractivity contribution in [2.75, 3.05) is 4.90 Å². The summed E-state index contributed by atoms with van der Waals surface area (Å²) in [6.45, 7) is 0. The van der Waals surface area contributed by atoms with Crippen molar-refractivity contribution in [2.45, 2.75) is 5.41 Å². The number of benzene rings is 12. The molecule has 0 unspecified atom stereocenters. The van der Waals surface area contributed by atoms with Gasteiger partial charge in [-0.15, -0.1) is 0 Å². The zero-order chi connectivity index (χ0) is 47.3. The Kier molecular flexibility index (Phi) is 8.87. The average Bonchev–Trinajstić information content (AvgIpc) is 3.97. The molecule has 0 bridgehead atoms. The molecule has 0 saturated carbocycles. The maximum absolute atomic E-state index is 7.22. The summed E-state index contributed by atoms with van der Waals surface area (Å²) < 4.78 is 13.4. The van der Waals surface area contributed by atoms with E-state index in [2.05, 4.69) is 254 Å². The molecule has 0 amide bonds. The summed E-state index contributed by atoms with van der Waals surface area (Å²) in [7, 11) is 0. The fourth-order valence-electron chi connectivity index (χ4n) is 12.1. The maximum Gasteiger partial charge on any atom is 0.140 e. The lowest BCUT2D eigenvalue weighted by atomic mass is 9.65. The molecule has 0 N–H and O–H groups in total. The first-order valence-electron chi connectivity index (χ1n) is 24.7. The molecule has 13 aromatic rings. The lowest BCUT2D eigenvalue weighted by molar-refractivity contribution is 0.447. The highest BCUT2D eigenvalue weighted by Crippen LogP contribution is 2.65. The van der Waals surface area contributed by atoms with Crippen molar-refractivity contribution in [2.24, 2.45) is 0 Å². The topological polar surface area (TPSA) is 25.6 Å². The first kappa shape index (κ1) is 40.4. The summed E-state index contributed by atoms with van der Waals surface area (Å²) in [5, 5.41) is 6.80. The van der Waals surface area contributed by atoms with Crippen molar-refractivity contribution in [3.63, 3.8) is 0 Å². The van der Waals surface area contributed by atoms with Gasteiger partial charge < -0.3 is 14.1 Å². The van der Waals surface area contributed by atoms with Crippen LogP contribution in [0.3, 0.4) is 0 Å². The van der Waals surface area contributed by atoms with Gasteiger partial charge in [-0.25, -0.2) is 0 Å². The van der Waals surface area contributed by atoms with Gasteiger partial charge in [0.2, 0.25) is 0 Å². The summed E-state index contributed by atoms with van der Waals surface area (Å²) in [6, 6.07) is 94.7. The van der Waals surface area contributed by atoms with Crippen LogP contribution in [-0.2, 0) is 5.41 Å². The van der Waals surface area contributed by atoms with Gasteiger partial charge in [0.15, 0.2) is 0 Å². The van der Waals surface area contributed by atoms with Crippen molar-refractivity contribution >= 4 is 60.5 Å². The zero-order valence-electron chi connectivity index (χ0n) is 39.1. The molecule has 2 heterocycles. The maximum atomic E-state index is 7.22. The Balaban J connectivity index is 0.880. The summed E-state index contributed by atoms with van der Waals surface area (Å²) in [5.74, 6) is 1.85. The van der Waals surface area contributed by atoms with Gasteiger partial charge in [0, 0.05) is 49.7 Å². The Hall–Kier alpha value is -9.44. The fourth-order valence-corrected chi connectivity index (χ4v) is 12.1. The van der Waals surface area contributed by atoms with Crippen LogP contribution < -0.4 is 9.64 Å². The van der Waals surface area contributed by atoms with E-state index >= 15 is 0 Å². The van der Waals surface area contributed by atoms with Gasteiger partial charge in [0.05, 0.1) is 5.41 Å². The largest absolute Gasteiger partial charge is 0.456 e. The second-order valence-corrected chi connectivity index (χ2v) is 19.1. The van der Waals surface area contributed by atoms with Crippen LogP contribution in [0.15, 0.2) is 265 Å². The molecule has 0 radical (unpaired) electrons. The van der Waals surface area contributed by atoms with E-state index in [1.165, 1.54) is 33.4 Å². The van der Waals surface area contributed by atoms with Crippen LogP contribution in [0.4, 0.5) is 17.1 Å². The SMILES string of the molecule is c1ccc(-c2cccc(N(c3ccc(-c4ccc5oc6ccccc6c5c4)cc3)c3ccc(-c4cccc5c4-c4ccccc4C54c5ccc6ccccc6c5Oc5c4ccc4ccccc54)cc3)c2)cc1. The third-order valence-corrected chi connectivity index (χ3v) is 15.3. The number of ether oxygens (including phenoxy) is 1. The molecule has 0 fully saturated rings. The van der Waals surface area contributed by atoms with Gasteiger partial charge in [0.25, 0.3) is 0 Å². The monoisotopic (exact) mass is 917 g/mol. The molecule has 1 aliphatic carbocycles. The molecule has 0 saturated heterocycles. The number of fused-ring (bicyclic) bond motifs is 16. The van der Waals surface area contributed by atoms with Crippen molar-refractivity contribution in [3.05, 3.63) is 283 Å². The summed E-state index contributed by atoms with van der Waals surface area (Å²) >= 11 is 0. The Labute approximate surface area is 417 Å². The lowest BCUT2D eigenvalue weighted by Crippen LogP contribution is -2.32. The first-order chi connectivity index (χ1) is 35.7. The number of anilines is 3. The second-order valence-electron chi connectivity index (χ2n) is 19.1. The molecule has 1 spiro atoms. The molecule has 72 heavy (non-hydrogen) atoms. The number of furan rings is 1. The molecule has 15 rings (SSSR count). The number of hydrogen-bond acceptors (Lipinski definition) is 3. The van der Waals surface area contributed by atoms with Crippen LogP contribution in [0.2, 0.25) is 0 Å². The number of para-hydroxylation sites is 1. The Morgan fingerprint density at radius 3 is 1.56 bits per heavy atom. The third-order valence-electron chi connectivity index (χ3n) is 15.3. The Morgan fingerprint density at radius 2 is 0.819 bits per heavy atom. The summed E-state index contributed by atoms with van der Waals surface area (Å²) in [4.78, 5) is 2.37. The van der Waals surface area contributed by atoms with Crippen LogP contribution in [-0.4, -0.2) is 0 Å². The second kappa shape index (κ2) is 15.8. The normalized spacial score (nSPS) is 12.9. The molecular weight excluding hydrogens is 875 g/mol. The minimum absolute atomic E-state index is 0.621. The van der Waals surface area contributed by atoms with E-state index in [0.717, 1.165) is 105 Å². The van der Waals surface area contributed by atoms with Gasteiger partial charge in [-0.1, -0.05) is 206 Å². The lowest BCUT2D eigenvalue weighted by Gasteiger charge is -2.40. The standard InChI is InChI=1S/C69H43NO2/c1-2-14-44(15-3-1)49-18-12-19-53(42-49)70(51-35-28-45(29-36-51)50-34-41-65-59(43-50)57-22-9-11-27-64(57)71-65)52-37-30-48(31-38-52)54-24-13-26-61-66(54)58-23-8-10-25-60(58)69(61)62-39-32-46-16-4-6-20-55(46)67(62)72-68-56-21-7-5-17-47(56)33-40-63(68)69/h1-43H. The molecule has 1 aliphatic heterocycles. The van der Waals surface area contributed by atoms with Crippen molar-refractivity contribution in [1.82, 2.24) is 0 Å². The van der Waals surface area contributed by atoms with E-state index in [1.807, 2.05) is 12.1 Å². The fraction of sp³-hybridized carbons (Fsp3) is 0.0145. The predicted octanol–water partition coefficient (Wildman–Crippen LogP) is 18.8. The van der Waals surface area contributed by atoms with Crippen LogP contribution >= 0.6 is 0 Å². The van der Waals surface area contributed by atoms with Gasteiger partial charge >= 0.3 is 0 Å². The van der Waals surface area contributed by atoms with E-state index < -0.39 is 5.41 Å². The third kappa shape index (κ3) is 5.98. The van der Waals surface area contributed by atoms with E-state index in [-0.39, 0.29) is 0 Å². The van der Waals surface area contributed by atoms with E-state index in [1.54, 1.807) is 0 Å². The van der Waals surface area contributed by atoms with E-state index in [0.29, 0.717) is 0 Å². The summed E-state index contributed by atoms with van der Waals surface area (Å²) in [6.07, 6.45) is 0. The molecule has 2 aliphatic rings. The predicted molar refractivity (Wildman–Crippen MR) is 297 cm³/mol. The van der Waals surface area contributed by atoms with Gasteiger partial charge in [-0.2, -0.15) is 0 Å². The quantitative estimate of drug-likeness (QED) is 0.166. The first-order valence-corrected chi connectivity index (χ1v) is 24.7. The molecule has 1 aromatic heterocycles. The Bertz CT molecular complexity index is 4220. The number of rotatable bonds is 6. The zero-order valence-corrected chi connectivity index (χ0v) is 39.1. The molecule has 336 valence electrons. The molecule has 0 atom stereocenters. The van der Waals surface area contributed by atoms with Crippen molar-refractivity contribution in [3.8, 4) is 56.0 Å². The minimum Gasteiger partial charge on any atom is -0.456 e. The minimum atomic E-state index is -0.621.